The van der Waals surface area contributed by atoms with Crippen LogP contribution in [-0.4, -0.2) is 23.8 Å². The summed E-state index contributed by atoms with van der Waals surface area (Å²) in [6.07, 6.45) is 5.33. The molecule has 1 amide bonds. The van der Waals surface area contributed by atoms with Crippen LogP contribution in [0.3, 0.4) is 0 Å². The van der Waals surface area contributed by atoms with E-state index < -0.39 is 0 Å². The molecule has 0 saturated heterocycles. The summed E-state index contributed by atoms with van der Waals surface area (Å²) in [5, 5.41) is 4.75. The number of benzene rings is 3. The number of hydrogen-bond donors (Lipinski definition) is 1. The van der Waals surface area contributed by atoms with Gasteiger partial charge in [0.1, 0.15) is 6.61 Å². The number of nitrogens with zero attached hydrogens (tertiary/aromatic N) is 2. The molecule has 0 aliphatic carbocycles. The number of para-hydroxylation sites is 1. The van der Waals surface area contributed by atoms with Crippen molar-refractivity contribution in [1.82, 2.24) is 9.99 Å². The van der Waals surface area contributed by atoms with Gasteiger partial charge in [0.2, 0.25) is 0 Å². The molecule has 0 atom stereocenters. The molecule has 0 spiro atoms. The van der Waals surface area contributed by atoms with E-state index in [1.54, 1.807) is 31.5 Å². The van der Waals surface area contributed by atoms with Crippen LogP contribution in [-0.2, 0) is 6.61 Å². The number of methoxy groups -OCH3 is 1. The van der Waals surface area contributed by atoms with Crippen molar-refractivity contribution in [1.29, 1.82) is 0 Å². The Morgan fingerprint density at radius 1 is 1.00 bits per heavy atom. The van der Waals surface area contributed by atoms with E-state index in [0.717, 1.165) is 16.8 Å². The van der Waals surface area contributed by atoms with Crippen molar-refractivity contribution in [3.05, 3.63) is 113 Å². The smallest absolute Gasteiger partial charge is 0.273 e. The molecule has 0 fully saturated rings. The molecule has 0 saturated carbocycles. The summed E-state index contributed by atoms with van der Waals surface area (Å²) in [6.45, 7) is 0.295. The van der Waals surface area contributed by atoms with Gasteiger partial charge >= 0.3 is 0 Å². The van der Waals surface area contributed by atoms with E-state index in [1.807, 2.05) is 77.6 Å². The van der Waals surface area contributed by atoms with Gasteiger partial charge in [0, 0.05) is 23.0 Å². The molecule has 0 aliphatic heterocycles. The fourth-order valence-electron chi connectivity index (χ4n) is 3.27. The second kappa shape index (κ2) is 10.5. The molecule has 0 unspecified atom stereocenters. The van der Waals surface area contributed by atoms with Crippen LogP contribution in [0.15, 0.2) is 96.4 Å². The Bertz CT molecular complexity index is 1270. The lowest BCUT2D eigenvalue weighted by atomic mass is 10.1. The fourth-order valence-corrected chi connectivity index (χ4v) is 3.46. The summed E-state index contributed by atoms with van der Waals surface area (Å²) in [7, 11) is 1.58. The maximum absolute atomic E-state index is 12.7. The standard InChI is InChI=1S/C26H22ClN3O3/c1-32-24-13-12-19(16-25(24)33-18-20-8-2-4-10-22(20)27)17-28-29-26(31)21-9-3-5-11-23(21)30-14-6-7-15-30/h2-17H,18H2,1H3,(H,29,31). The zero-order valence-electron chi connectivity index (χ0n) is 17.9. The third-order valence-electron chi connectivity index (χ3n) is 4.94. The van der Waals surface area contributed by atoms with Crippen LogP contribution < -0.4 is 14.9 Å². The molecule has 166 valence electrons. The summed E-state index contributed by atoms with van der Waals surface area (Å²) >= 11 is 6.21. The Balaban J connectivity index is 1.46. The average molecular weight is 460 g/mol. The van der Waals surface area contributed by atoms with E-state index in [2.05, 4.69) is 10.5 Å². The number of nitrogens with one attached hydrogen (secondary N) is 1. The second-order valence-corrected chi connectivity index (χ2v) is 7.50. The first-order chi connectivity index (χ1) is 16.2. The molecule has 4 aromatic rings. The van der Waals surface area contributed by atoms with Crippen molar-refractivity contribution in [2.45, 2.75) is 6.61 Å². The van der Waals surface area contributed by atoms with Crippen molar-refractivity contribution in [2.24, 2.45) is 5.10 Å². The summed E-state index contributed by atoms with van der Waals surface area (Å²) in [5.74, 6) is 0.828. The minimum Gasteiger partial charge on any atom is -0.493 e. The number of amides is 1. The number of aromatic nitrogens is 1. The normalized spacial score (nSPS) is 10.8. The van der Waals surface area contributed by atoms with Gasteiger partial charge in [0.15, 0.2) is 11.5 Å². The second-order valence-electron chi connectivity index (χ2n) is 7.10. The van der Waals surface area contributed by atoms with Crippen LogP contribution in [0.25, 0.3) is 5.69 Å². The minimum absolute atomic E-state index is 0.295. The van der Waals surface area contributed by atoms with E-state index in [1.165, 1.54) is 0 Å². The van der Waals surface area contributed by atoms with Gasteiger partial charge in [-0.1, -0.05) is 41.9 Å². The van der Waals surface area contributed by atoms with Crippen LogP contribution in [0.5, 0.6) is 11.5 Å². The largest absolute Gasteiger partial charge is 0.493 e. The van der Waals surface area contributed by atoms with Gasteiger partial charge in [-0.3, -0.25) is 4.79 Å². The van der Waals surface area contributed by atoms with Crippen molar-refractivity contribution in [2.75, 3.05) is 7.11 Å². The number of rotatable bonds is 8. The molecular formula is C26H22ClN3O3. The molecule has 7 heteroatoms. The first-order valence-corrected chi connectivity index (χ1v) is 10.6. The number of ether oxygens (including phenoxy) is 2. The molecule has 3 aromatic carbocycles. The molecule has 0 radical (unpaired) electrons. The zero-order valence-corrected chi connectivity index (χ0v) is 18.7. The molecule has 1 heterocycles. The quantitative estimate of drug-likeness (QED) is 0.280. The highest BCUT2D eigenvalue weighted by Crippen LogP contribution is 2.29. The van der Waals surface area contributed by atoms with Crippen molar-refractivity contribution in [3.63, 3.8) is 0 Å². The average Bonchev–Trinajstić information content (AvgIpc) is 3.38. The number of carbonyl (C=O) groups is 1. The van der Waals surface area contributed by atoms with E-state index in [9.17, 15) is 4.79 Å². The zero-order chi connectivity index (χ0) is 23.0. The summed E-state index contributed by atoms with van der Waals surface area (Å²) in [4.78, 5) is 12.7. The number of carbonyl (C=O) groups excluding carboxylic acids is 1. The Morgan fingerprint density at radius 3 is 2.55 bits per heavy atom. The fraction of sp³-hybridized carbons (Fsp3) is 0.0769. The van der Waals surface area contributed by atoms with Gasteiger partial charge in [-0.05, 0) is 54.1 Å². The first kappa shape index (κ1) is 22.2. The Kier molecular flexibility index (Phi) is 7.07. The summed E-state index contributed by atoms with van der Waals surface area (Å²) in [6, 6.07) is 24.0. The highest BCUT2D eigenvalue weighted by atomic mass is 35.5. The number of halogens is 1. The maximum Gasteiger partial charge on any atom is 0.273 e. The first-order valence-electron chi connectivity index (χ1n) is 10.3. The van der Waals surface area contributed by atoms with Gasteiger partial charge in [-0.2, -0.15) is 5.10 Å². The third-order valence-corrected chi connectivity index (χ3v) is 5.31. The number of hydrogen-bond acceptors (Lipinski definition) is 4. The lowest BCUT2D eigenvalue weighted by Gasteiger charge is -2.12. The van der Waals surface area contributed by atoms with E-state index in [0.29, 0.717) is 28.7 Å². The van der Waals surface area contributed by atoms with Crippen LogP contribution >= 0.6 is 11.6 Å². The lowest BCUT2D eigenvalue weighted by molar-refractivity contribution is 0.0955. The van der Waals surface area contributed by atoms with Crippen molar-refractivity contribution < 1.29 is 14.3 Å². The molecule has 1 N–H and O–H groups in total. The van der Waals surface area contributed by atoms with Gasteiger partial charge in [-0.25, -0.2) is 5.43 Å². The monoisotopic (exact) mass is 459 g/mol. The van der Waals surface area contributed by atoms with Crippen molar-refractivity contribution in [3.8, 4) is 17.2 Å². The third kappa shape index (κ3) is 5.42. The molecule has 0 aliphatic rings. The molecule has 6 nitrogen and oxygen atoms in total. The minimum atomic E-state index is -0.306. The maximum atomic E-state index is 12.7. The Labute approximate surface area is 197 Å². The van der Waals surface area contributed by atoms with E-state index in [-0.39, 0.29) is 5.91 Å². The van der Waals surface area contributed by atoms with Crippen LogP contribution in [0.1, 0.15) is 21.5 Å². The Hall–Kier alpha value is -4.03. The molecule has 33 heavy (non-hydrogen) atoms. The molecular weight excluding hydrogens is 438 g/mol. The molecule has 1 aromatic heterocycles. The predicted molar refractivity (Wildman–Crippen MR) is 130 cm³/mol. The van der Waals surface area contributed by atoms with Crippen molar-refractivity contribution >= 4 is 23.7 Å². The van der Waals surface area contributed by atoms with Gasteiger partial charge < -0.3 is 14.0 Å². The van der Waals surface area contributed by atoms with E-state index >= 15 is 0 Å². The van der Waals surface area contributed by atoms with Crippen LogP contribution in [0, 0.1) is 0 Å². The van der Waals surface area contributed by atoms with Crippen LogP contribution in [0.4, 0.5) is 0 Å². The Morgan fingerprint density at radius 2 is 1.76 bits per heavy atom. The van der Waals surface area contributed by atoms with E-state index in [4.69, 9.17) is 21.1 Å². The molecule has 0 bridgehead atoms. The summed E-state index contributed by atoms with van der Waals surface area (Å²) in [5.41, 5.74) is 5.49. The van der Waals surface area contributed by atoms with Gasteiger partial charge in [0.25, 0.3) is 5.91 Å². The van der Waals surface area contributed by atoms with Gasteiger partial charge in [-0.15, -0.1) is 0 Å². The van der Waals surface area contributed by atoms with Gasteiger partial charge in [0.05, 0.1) is 24.6 Å². The van der Waals surface area contributed by atoms with Crippen LogP contribution in [0.2, 0.25) is 5.02 Å². The topological polar surface area (TPSA) is 64.8 Å². The predicted octanol–water partition coefficient (Wildman–Crippen LogP) is 5.48. The SMILES string of the molecule is COc1ccc(C=NNC(=O)c2ccccc2-n2cccc2)cc1OCc1ccccc1Cl. The highest BCUT2D eigenvalue weighted by Gasteiger charge is 2.11. The number of hydrazone groups is 1. The highest BCUT2D eigenvalue weighted by molar-refractivity contribution is 6.31. The molecule has 4 rings (SSSR count). The summed E-state index contributed by atoms with van der Waals surface area (Å²) < 4.78 is 13.2. The lowest BCUT2D eigenvalue weighted by Crippen LogP contribution is -2.19.